The number of aromatic nitrogens is 1. The second kappa shape index (κ2) is 5.98. The van der Waals surface area contributed by atoms with Gasteiger partial charge in [0, 0.05) is 16.6 Å². The Morgan fingerprint density at radius 1 is 1.04 bits per heavy atom. The summed E-state index contributed by atoms with van der Waals surface area (Å²) in [5, 5.41) is 1.98. The lowest BCUT2D eigenvalue weighted by Gasteiger charge is -2.04. The highest BCUT2D eigenvalue weighted by Gasteiger charge is 2.16. The van der Waals surface area contributed by atoms with E-state index >= 15 is 0 Å². The van der Waals surface area contributed by atoms with Gasteiger partial charge in [0.2, 0.25) is 0 Å². The zero-order valence-electron chi connectivity index (χ0n) is 11.7. The average molecular weight is 349 g/mol. The van der Waals surface area contributed by atoms with Gasteiger partial charge < -0.3 is 5.73 Å². The van der Waals surface area contributed by atoms with E-state index in [1.807, 2.05) is 12.1 Å². The summed E-state index contributed by atoms with van der Waals surface area (Å²) in [6, 6.07) is 11.7. The first-order chi connectivity index (χ1) is 10.9. The van der Waals surface area contributed by atoms with Crippen LogP contribution in [0.25, 0.3) is 11.3 Å². The molecule has 3 rings (SSSR count). The molecule has 118 valence electrons. The summed E-state index contributed by atoms with van der Waals surface area (Å²) in [6.45, 7) is 0. The zero-order valence-corrected chi connectivity index (χ0v) is 13.4. The number of benzene rings is 2. The summed E-state index contributed by atoms with van der Waals surface area (Å²) >= 11 is 1.17. The fraction of sp³-hybridized carbons (Fsp3) is 0. The first-order valence-corrected chi connectivity index (χ1v) is 8.90. The molecule has 0 aliphatic carbocycles. The molecule has 1 aromatic heterocycles. The topological polar surface area (TPSA) is 85.1 Å². The van der Waals surface area contributed by atoms with Gasteiger partial charge in [0.25, 0.3) is 10.0 Å². The van der Waals surface area contributed by atoms with Gasteiger partial charge in [-0.15, -0.1) is 11.3 Å². The van der Waals surface area contributed by atoms with Gasteiger partial charge in [-0.05, 0) is 36.4 Å². The predicted octanol–water partition coefficient (Wildman–Crippen LogP) is 3.33. The summed E-state index contributed by atoms with van der Waals surface area (Å²) in [5.41, 5.74) is 7.75. The third-order valence-electron chi connectivity index (χ3n) is 3.06. The number of hydrogen-bond donors (Lipinski definition) is 2. The Kier molecular flexibility index (Phi) is 4.01. The molecule has 2 aromatic carbocycles. The quantitative estimate of drug-likeness (QED) is 0.708. The van der Waals surface area contributed by atoms with E-state index in [1.54, 1.807) is 17.5 Å². The molecule has 0 fully saturated rings. The van der Waals surface area contributed by atoms with Gasteiger partial charge in [0.1, 0.15) is 5.82 Å². The fourth-order valence-corrected chi connectivity index (χ4v) is 3.87. The highest BCUT2D eigenvalue weighted by Crippen LogP contribution is 2.27. The minimum absolute atomic E-state index is 0.0249. The molecule has 1 heterocycles. The summed E-state index contributed by atoms with van der Waals surface area (Å²) in [4.78, 5) is 4.23. The Labute approximate surface area is 136 Å². The van der Waals surface area contributed by atoms with E-state index in [0.29, 0.717) is 11.4 Å². The van der Waals surface area contributed by atoms with Crippen molar-refractivity contribution in [1.29, 1.82) is 0 Å². The number of nitrogen functional groups attached to an aromatic ring is 1. The number of nitrogens with zero attached hydrogens (tertiary/aromatic N) is 1. The van der Waals surface area contributed by atoms with Gasteiger partial charge in [-0.3, -0.25) is 4.72 Å². The van der Waals surface area contributed by atoms with E-state index in [4.69, 9.17) is 5.73 Å². The lowest BCUT2D eigenvalue weighted by Crippen LogP contribution is -2.12. The molecule has 3 aromatic rings. The molecule has 0 radical (unpaired) electrons. The lowest BCUT2D eigenvalue weighted by atomic mass is 10.2. The molecule has 0 amide bonds. The fourth-order valence-electron chi connectivity index (χ4n) is 1.89. The predicted molar refractivity (Wildman–Crippen MR) is 89.2 cm³/mol. The van der Waals surface area contributed by atoms with Crippen LogP contribution < -0.4 is 10.5 Å². The van der Waals surface area contributed by atoms with Crippen molar-refractivity contribution >= 4 is 32.2 Å². The number of anilines is 2. The highest BCUT2D eigenvalue weighted by atomic mass is 32.2. The maximum absolute atomic E-state index is 12.9. The summed E-state index contributed by atoms with van der Waals surface area (Å²) in [5.74, 6) is -0.496. The van der Waals surface area contributed by atoms with Crippen molar-refractivity contribution in [2.45, 2.75) is 4.90 Å². The van der Waals surface area contributed by atoms with Crippen LogP contribution in [0.15, 0.2) is 58.8 Å². The molecule has 0 unspecified atom stereocenters. The first kappa shape index (κ1) is 15.4. The van der Waals surface area contributed by atoms with Crippen LogP contribution in [0, 0.1) is 5.82 Å². The maximum atomic E-state index is 12.9. The Morgan fingerprint density at radius 2 is 1.70 bits per heavy atom. The van der Waals surface area contributed by atoms with Crippen molar-refractivity contribution in [2.75, 3.05) is 10.5 Å². The van der Waals surface area contributed by atoms with Crippen LogP contribution in [0.4, 0.5) is 15.2 Å². The minimum Gasteiger partial charge on any atom is -0.399 e. The number of hydrogen-bond acceptors (Lipinski definition) is 5. The zero-order chi connectivity index (χ0) is 16.4. The molecule has 0 aliphatic heterocycles. The number of sulfonamides is 1. The van der Waals surface area contributed by atoms with Crippen LogP contribution in [0.3, 0.4) is 0 Å². The number of nitrogens with one attached hydrogen (secondary N) is 1. The molecule has 0 aliphatic rings. The van der Waals surface area contributed by atoms with E-state index < -0.39 is 15.8 Å². The van der Waals surface area contributed by atoms with Crippen LogP contribution in [0.1, 0.15) is 0 Å². The van der Waals surface area contributed by atoms with Crippen LogP contribution >= 0.6 is 11.3 Å². The molecular formula is C15H12FN3O2S2. The standard InChI is InChI=1S/C15H12FN3O2S2/c16-11-3-7-13(8-4-11)23(20,21)19-15-18-14(9-22-15)10-1-5-12(17)6-2-10/h1-9H,17H2,(H,18,19). The Hall–Kier alpha value is -2.45. The highest BCUT2D eigenvalue weighted by molar-refractivity contribution is 7.93. The molecular weight excluding hydrogens is 337 g/mol. The molecule has 8 heteroatoms. The molecule has 0 spiro atoms. The lowest BCUT2D eigenvalue weighted by molar-refractivity contribution is 0.599. The second-order valence-electron chi connectivity index (χ2n) is 4.72. The molecule has 0 saturated carbocycles. The Morgan fingerprint density at radius 3 is 2.35 bits per heavy atom. The normalized spacial score (nSPS) is 11.3. The van der Waals surface area contributed by atoms with Crippen molar-refractivity contribution in [3.05, 3.63) is 59.7 Å². The van der Waals surface area contributed by atoms with Gasteiger partial charge in [-0.1, -0.05) is 12.1 Å². The number of thiazole rings is 1. The van der Waals surface area contributed by atoms with Crippen molar-refractivity contribution in [3.8, 4) is 11.3 Å². The Balaban J connectivity index is 1.83. The van der Waals surface area contributed by atoms with Crippen molar-refractivity contribution in [2.24, 2.45) is 0 Å². The van der Waals surface area contributed by atoms with Crippen LogP contribution in [0.5, 0.6) is 0 Å². The van der Waals surface area contributed by atoms with Gasteiger partial charge in [-0.2, -0.15) is 0 Å². The van der Waals surface area contributed by atoms with Crippen LogP contribution in [0.2, 0.25) is 0 Å². The third-order valence-corrected chi connectivity index (χ3v) is 5.30. The first-order valence-electron chi connectivity index (χ1n) is 6.54. The van der Waals surface area contributed by atoms with Gasteiger partial charge in [-0.25, -0.2) is 17.8 Å². The number of nitrogens with two attached hydrogens (primary N) is 1. The minimum atomic E-state index is -3.79. The molecule has 0 saturated heterocycles. The van der Waals surface area contributed by atoms with E-state index in [2.05, 4.69) is 9.71 Å². The number of rotatable bonds is 4. The smallest absolute Gasteiger partial charge is 0.263 e. The molecule has 23 heavy (non-hydrogen) atoms. The van der Waals surface area contributed by atoms with Crippen LogP contribution in [-0.2, 0) is 10.0 Å². The van der Waals surface area contributed by atoms with Crippen molar-refractivity contribution in [3.63, 3.8) is 0 Å². The van der Waals surface area contributed by atoms with E-state index in [9.17, 15) is 12.8 Å². The monoisotopic (exact) mass is 349 g/mol. The second-order valence-corrected chi connectivity index (χ2v) is 7.26. The molecule has 0 bridgehead atoms. The van der Waals surface area contributed by atoms with E-state index in [0.717, 1.165) is 17.7 Å². The van der Waals surface area contributed by atoms with Crippen molar-refractivity contribution in [1.82, 2.24) is 4.98 Å². The summed E-state index contributed by atoms with van der Waals surface area (Å²) in [7, 11) is -3.79. The maximum Gasteiger partial charge on any atom is 0.263 e. The largest absolute Gasteiger partial charge is 0.399 e. The van der Waals surface area contributed by atoms with Gasteiger partial charge in [0.05, 0.1) is 10.6 Å². The molecule has 5 nitrogen and oxygen atoms in total. The van der Waals surface area contributed by atoms with Gasteiger partial charge in [0.15, 0.2) is 5.13 Å². The summed E-state index contributed by atoms with van der Waals surface area (Å²) in [6.07, 6.45) is 0. The van der Waals surface area contributed by atoms with E-state index in [-0.39, 0.29) is 10.0 Å². The van der Waals surface area contributed by atoms with Gasteiger partial charge >= 0.3 is 0 Å². The Bertz CT molecular complexity index is 920. The number of halogens is 1. The summed E-state index contributed by atoms with van der Waals surface area (Å²) < 4.78 is 39.7. The molecule has 3 N–H and O–H groups in total. The van der Waals surface area contributed by atoms with E-state index in [1.165, 1.54) is 23.5 Å². The van der Waals surface area contributed by atoms with Crippen LogP contribution in [-0.4, -0.2) is 13.4 Å². The average Bonchev–Trinajstić information content (AvgIpc) is 2.96. The SMILES string of the molecule is Nc1ccc(-c2csc(NS(=O)(=O)c3ccc(F)cc3)n2)cc1. The van der Waals surface area contributed by atoms with Crippen molar-refractivity contribution < 1.29 is 12.8 Å². The third kappa shape index (κ3) is 3.49. The molecule has 0 atom stereocenters.